The highest BCUT2D eigenvalue weighted by Gasteiger charge is 2.18. The molecule has 142 valence electrons. The maximum atomic E-state index is 12.3. The predicted octanol–water partition coefficient (Wildman–Crippen LogP) is 3.22. The zero-order valence-electron chi connectivity index (χ0n) is 15.1. The van der Waals surface area contributed by atoms with E-state index >= 15 is 0 Å². The topological polar surface area (TPSA) is 89.9 Å². The standard InChI is InChI=1S/C19H18N6O2S/c26-17(24-8-1-2-9-24)7-10-25-15-6-5-13(12-14(15)21-23-25)18-20-19(27-22-18)16-4-3-11-28-16/h3-6,11-12H,1-2,7-10H2. The monoisotopic (exact) mass is 394 g/mol. The summed E-state index contributed by atoms with van der Waals surface area (Å²) in [6.45, 7) is 2.27. The van der Waals surface area contributed by atoms with Crippen LogP contribution < -0.4 is 0 Å². The fraction of sp³-hybridized carbons (Fsp3) is 0.316. The summed E-state index contributed by atoms with van der Waals surface area (Å²) < 4.78 is 7.14. The van der Waals surface area contributed by atoms with Gasteiger partial charge in [-0.05, 0) is 42.5 Å². The van der Waals surface area contributed by atoms with Crippen molar-refractivity contribution in [1.29, 1.82) is 0 Å². The molecule has 0 aliphatic carbocycles. The average Bonchev–Trinajstić information content (AvgIpc) is 3.51. The number of fused-ring (bicyclic) bond motifs is 1. The van der Waals surface area contributed by atoms with Crippen molar-refractivity contribution in [2.45, 2.75) is 25.8 Å². The maximum Gasteiger partial charge on any atom is 0.268 e. The van der Waals surface area contributed by atoms with Crippen LogP contribution in [0.5, 0.6) is 0 Å². The van der Waals surface area contributed by atoms with Crippen molar-refractivity contribution in [3.8, 4) is 22.2 Å². The molecule has 4 heterocycles. The van der Waals surface area contributed by atoms with Crippen LogP contribution in [-0.4, -0.2) is 49.0 Å². The molecule has 1 saturated heterocycles. The molecule has 0 bridgehead atoms. The van der Waals surface area contributed by atoms with Gasteiger partial charge in [-0.2, -0.15) is 4.98 Å². The second kappa shape index (κ2) is 7.16. The molecule has 1 amide bonds. The Morgan fingerprint density at radius 2 is 2.11 bits per heavy atom. The normalized spacial score (nSPS) is 14.2. The number of carbonyl (C=O) groups is 1. The van der Waals surface area contributed by atoms with E-state index in [-0.39, 0.29) is 5.91 Å². The zero-order valence-corrected chi connectivity index (χ0v) is 15.9. The van der Waals surface area contributed by atoms with Crippen molar-refractivity contribution in [3.05, 3.63) is 35.7 Å². The minimum Gasteiger partial charge on any atom is -0.343 e. The van der Waals surface area contributed by atoms with Crippen molar-refractivity contribution >= 4 is 28.3 Å². The minimum absolute atomic E-state index is 0.186. The summed E-state index contributed by atoms with van der Waals surface area (Å²) in [5, 5.41) is 14.5. The molecule has 1 fully saturated rings. The number of amides is 1. The summed E-state index contributed by atoms with van der Waals surface area (Å²) in [7, 11) is 0. The molecule has 28 heavy (non-hydrogen) atoms. The lowest BCUT2D eigenvalue weighted by Gasteiger charge is -2.14. The fourth-order valence-corrected chi connectivity index (χ4v) is 4.09. The molecule has 1 aliphatic rings. The van der Waals surface area contributed by atoms with Gasteiger partial charge in [0.1, 0.15) is 5.52 Å². The molecule has 9 heteroatoms. The van der Waals surface area contributed by atoms with Gasteiger partial charge in [-0.25, -0.2) is 4.68 Å². The molecule has 0 radical (unpaired) electrons. The van der Waals surface area contributed by atoms with Crippen LogP contribution in [0.15, 0.2) is 40.2 Å². The largest absolute Gasteiger partial charge is 0.343 e. The van der Waals surface area contributed by atoms with Crippen LogP contribution >= 0.6 is 11.3 Å². The number of hydrogen-bond acceptors (Lipinski definition) is 7. The summed E-state index contributed by atoms with van der Waals surface area (Å²) in [5.74, 6) is 1.21. The molecule has 1 aromatic carbocycles. The van der Waals surface area contributed by atoms with Gasteiger partial charge in [0.15, 0.2) is 0 Å². The number of benzene rings is 1. The van der Waals surface area contributed by atoms with Crippen molar-refractivity contribution in [1.82, 2.24) is 30.0 Å². The summed E-state index contributed by atoms with van der Waals surface area (Å²) >= 11 is 1.55. The van der Waals surface area contributed by atoms with Crippen LogP contribution in [0.25, 0.3) is 33.2 Å². The second-order valence-corrected chi connectivity index (χ2v) is 7.70. The Hall–Kier alpha value is -3.07. The number of aromatic nitrogens is 5. The van der Waals surface area contributed by atoms with Gasteiger partial charge in [-0.3, -0.25) is 4.79 Å². The van der Waals surface area contributed by atoms with Gasteiger partial charge >= 0.3 is 0 Å². The highest BCUT2D eigenvalue weighted by molar-refractivity contribution is 7.13. The van der Waals surface area contributed by atoms with Crippen LogP contribution in [0.1, 0.15) is 19.3 Å². The number of likely N-dealkylation sites (tertiary alicyclic amines) is 1. The van der Waals surface area contributed by atoms with Crippen molar-refractivity contribution in [3.63, 3.8) is 0 Å². The van der Waals surface area contributed by atoms with E-state index in [0.717, 1.165) is 47.4 Å². The number of hydrogen-bond donors (Lipinski definition) is 0. The summed E-state index contributed by atoms with van der Waals surface area (Å²) in [6.07, 6.45) is 2.64. The Morgan fingerprint density at radius 1 is 1.21 bits per heavy atom. The number of nitrogens with zero attached hydrogens (tertiary/aromatic N) is 6. The first-order valence-electron chi connectivity index (χ1n) is 9.27. The highest BCUT2D eigenvalue weighted by Crippen LogP contribution is 2.27. The Bertz CT molecular complexity index is 1110. The van der Waals surface area contributed by atoms with E-state index in [1.807, 2.05) is 40.6 Å². The highest BCUT2D eigenvalue weighted by atomic mass is 32.1. The molecular weight excluding hydrogens is 376 g/mol. The van der Waals surface area contributed by atoms with Crippen LogP contribution in [0.2, 0.25) is 0 Å². The Labute approximate surface area is 164 Å². The Morgan fingerprint density at radius 3 is 2.93 bits per heavy atom. The van der Waals surface area contributed by atoms with Gasteiger partial charge in [-0.1, -0.05) is 16.4 Å². The minimum atomic E-state index is 0.186. The second-order valence-electron chi connectivity index (χ2n) is 6.75. The van der Waals surface area contributed by atoms with Gasteiger partial charge in [0, 0.05) is 25.1 Å². The van der Waals surface area contributed by atoms with E-state index in [9.17, 15) is 4.79 Å². The van der Waals surface area contributed by atoms with Crippen LogP contribution in [0.3, 0.4) is 0 Å². The van der Waals surface area contributed by atoms with Gasteiger partial charge < -0.3 is 9.42 Å². The summed E-state index contributed by atoms with van der Waals surface area (Å²) in [6, 6.07) is 9.65. The van der Waals surface area contributed by atoms with Gasteiger partial charge in [0.05, 0.1) is 16.9 Å². The average molecular weight is 394 g/mol. The predicted molar refractivity (Wildman–Crippen MR) is 105 cm³/mol. The fourth-order valence-electron chi connectivity index (χ4n) is 3.44. The molecular formula is C19H18N6O2S. The smallest absolute Gasteiger partial charge is 0.268 e. The van der Waals surface area contributed by atoms with Crippen molar-refractivity contribution in [2.24, 2.45) is 0 Å². The van der Waals surface area contributed by atoms with Gasteiger partial charge in [0.25, 0.3) is 5.89 Å². The molecule has 8 nitrogen and oxygen atoms in total. The molecule has 4 aromatic rings. The van der Waals surface area contributed by atoms with Gasteiger partial charge in [0.2, 0.25) is 11.7 Å². The number of carbonyl (C=O) groups excluding carboxylic acids is 1. The lowest BCUT2D eigenvalue weighted by Crippen LogP contribution is -2.28. The summed E-state index contributed by atoms with van der Waals surface area (Å²) in [4.78, 5) is 19.6. The van der Waals surface area contributed by atoms with E-state index in [1.54, 1.807) is 16.0 Å². The molecule has 0 spiro atoms. The van der Waals surface area contributed by atoms with E-state index in [2.05, 4.69) is 20.5 Å². The molecule has 0 atom stereocenters. The third-order valence-electron chi connectivity index (χ3n) is 4.93. The van der Waals surface area contributed by atoms with E-state index < -0.39 is 0 Å². The number of thiophene rings is 1. The molecule has 0 N–H and O–H groups in total. The molecule has 1 aliphatic heterocycles. The maximum absolute atomic E-state index is 12.3. The van der Waals surface area contributed by atoms with Crippen LogP contribution in [0, 0.1) is 0 Å². The molecule has 0 saturated carbocycles. The quantitative estimate of drug-likeness (QED) is 0.516. The first kappa shape index (κ1) is 17.1. The number of aryl methyl sites for hydroxylation is 1. The molecule has 3 aromatic heterocycles. The third-order valence-corrected chi connectivity index (χ3v) is 5.78. The SMILES string of the molecule is O=C(CCn1nnc2cc(-c3noc(-c4cccs4)n3)ccc21)N1CCCC1. The van der Waals surface area contributed by atoms with Gasteiger partial charge in [-0.15, -0.1) is 16.4 Å². The molecule has 0 unspecified atom stereocenters. The molecule has 5 rings (SSSR count). The Balaban J connectivity index is 1.34. The van der Waals surface area contributed by atoms with E-state index in [4.69, 9.17) is 4.52 Å². The lowest BCUT2D eigenvalue weighted by molar-refractivity contribution is -0.130. The lowest BCUT2D eigenvalue weighted by atomic mass is 10.2. The first-order chi connectivity index (χ1) is 13.8. The van der Waals surface area contributed by atoms with E-state index in [0.29, 0.717) is 24.7 Å². The van der Waals surface area contributed by atoms with Crippen molar-refractivity contribution in [2.75, 3.05) is 13.1 Å². The van der Waals surface area contributed by atoms with Crippen molar-refractivity contribution < 1.29 is 9.32 Å². The number of rotatable bonds is 5. The summed E-state index contributed by atoms with van der Waals surface area (Å²) in [5.41, 5.74) is 2.45. The van der Waals surface area contributed by atoms with Crippen LogP contribution in [0.4, 0.5) is 0 Å². The van der Waals surface area contributed by atoms with Crippen LogP contribution in [-0.2, 0) is 11.3 Å². The zero-order chi connectivity index (χ0) is 18.9. The third kappa shape index (κ3) is 3.18. The first-order valence-corrected chi connectivity index (χ1v) is 10.1. The van der Waals surface area contributed by atoms with E-state index in [1.165, 1.54) is 0 Å². The Kier molecular flexibility index (Phi) is 4.36.